The van der Waals surface area contributed by atoms with Crippen LogP contribution in [0.1, 0.15) is 38.6 Å². The van der Waals surface area contributed by atoms with Crippen LogP contribution >= 0.6 is 11.3 Å². The van der Waals surface area contributed by atoms with Crippen molar-refractivity contribution in [2.45, 2.75) is 43.9 Å². The maximum atomic E-state index is 11.8. The van der Waals surface area contributed by atoms with Gasteiger partial charge in [-0.3, -0.25) is 10.3 Å². The Labute approximate surface area is 214 Å². The molecule has 0 amide bonds. The van der Waals surface area contributed by atoms with Crippen molar-refractivity contribution in [3.05, 3.63) is 47.6 Å². The van der Waals surface area contributed by atoms with Gasteiger partial charge in [-0.2, -0.15) is 0 Å². The first kappa shape index (κ1) is 26.5. The number of rotatable bonds is 10. The Morgan fingerprint density at radius 2 is 2.03 bits per heavy atom. The van der Waals surface area contributed by atoms with Crippen LogP contribution in [0.2, 0.25) is 0 Å². The number of anilines is 2. The number of pyridine rings is 1. The third-order valence-electron chi connectivity index (χ3n) is 5.69. The summed E-state index contributed by atoms with van der Waals surface area (Å²) in [6.07, 6.45) is 2.69. The van der Waals surface area contributed by atoms with Crippen LogP contribution in [0.4, 0.5) is 10.8 Å². The molecule has 1 aromatic carbocycles. The number of aliphatic hydroxyl groups is 1. The largest absolute Gasteiger partial charge is 0.489 e. The number of primary sulfonamides is 1. The van der Waals surface area contributed by atoms with Gasteiger partial charge in [0.05, 0.1) is 28.1 Å². The van der Waals surface area contributed by atoms with Gasteiger partial charge in [-0.15, -0.1) is 11.3 Å². The molecule has 1 unspecified atom stereocenters. The molecular formula is C24H31N5O5S2. The summed E-state index contributed by atoms with van der Waals surface area (Å²) < 4.78 is 34.8. The lowest BCUT2D eigenvalue weighted by Crippen LogP contribution is -2.31. The van der Waals surface area contributed by atoms with Crippen molar-refractivity contribution in [2.75, 3.05) is 25.1 Å². The molecule has 1 fully saturated rings. The molecule has 1 aliphatic heterocycles. The van der Waals surface area contributed by atoms with Gasteiger partial charge in [0.1, 0.15) is 12.0 Å². The van der Waals surface area contributed by atoms with E-state index in [2.05, 4.69) is 20.6 Å². The Bertz CT molecular complexity index is 1260. The Balaban J connectivity index is 1.44. The third kappa shape index (κ3) is 6.99. The molecule has 0 spiro atoms. The SMILES string of the molecule is CC(C)Oc1ccc(S(N)(=O)=O)cc1Nc1nc(-c2ccc(C(O)NCC3CCOCC3)nc2)cs1. The summed E-state index contributed by atoms with van der Waals surface area (Å²) in [5, 5.41) is 24.5. The molecule has 2 aromatic heterocycles. The average Bonchev–Trinajstić information content (AvgIpc) is 3.32. The molecule has 4 rings (SSSR count). The predicted molar refractivity (Wildman–Crippen MR) is 139 cm³/mol. The van der Waals surface area contributed by atoms with Gasteiger partial charge in [0, 0.05) is 36.9 Å². The molecule has 1 atom stereocenters. The molecule has 10 nitrogen and oxygen atoms in total. The zero-order valence-electron chi connectivity index (χ0n) is 20.2. The van der Waals surface area contributed by atoms with E-state index in [1.165, 1.54) is 23.5 Å². The number of hydrogen-bond acceptors (Lipinski definition) is 10. The van der Waals surface area contributed by atoms with E-state index in [1.807, 2.05) is 25.3 Å². The number of hydrogen-bond donors (Lipinski definition) is 4. The highest BCUT2D eigenvalue weighted by molar-refractivity contribution is 7.89. The zero-order chi connectivity index (χ0) is 25.7. The van der Waals surface area contributed by atoms with Crippen LogP contribution in [0.5, 0.6) is 5.75 Å². The van der Waals surface area contributed by atoms with E-state index < -0.39 is 16.3 Å². The van der Waals surface area contributed by atoms with Crippen molar-refractivity contribution in [3.63, 3.8) is 0 Å². The van der Waals surface area contributed by atoms with Gasteiger partial charge in [-0.1, -0.05) is 0 Å². The first-order chi connectivity index (χ1) is 17.2. The molecule has 36 heavy (non-hydrogen) atoms. The molecule has 12 heteroatoms. The summed E-state index contributed by atoms with van der Waals surface area (Å²) >= 11 is 1.36. The molecule has 5 N–H and O–H groups in total. The highest BCUT2D eigenvalue weighted by atomic mass is 32.2. The minimum Gasteiger partial charge on any atom is -0.489 e. The number of nitrogens with one attached hydrogen (secondary N) is 2. The van der Waals surface area contributed by atoms with Crippen molar-refractivity contribution in [2.24, 2.45) is 11.1 Å². The number of benzene rings is 1. The summed E-state index contributed by atoms with van der Waals surface area (Å²) in [7, 11) is -3.87. The van der Waals surface area contributed by atoms with Crippen LogP contribution < -0.4 is 20.5 Å². The van der Waals surface area contributed by atoms with Gasteiger partial charge >= 0.3 is 0 Å². The molecule has 0 bridgehead atoms. The average molecular weight is 534 g/mol. The van der Waals surface area contributed by atoms with Gasteiger partial charge in [0.15, 0.2) is 5.13 Å². The molecule has 0 aliphatic carbocycles. The smallest absolute Gasteiger partial charge is 0.238 e. The monoisotopic (exact) mass is 533 g/mol. The fraction of sp³-hybridized carbons (Fsp3) is 0.417. The second kappa shape index (κ2) is 11.6. The molecular weight excluding hydrogens is 502 g/mol. The number of nitrogens with two attached hydrogens (primary N) is 1. The third-order valence-corrected chi connectivity index (χ3v) is 7.36. The van der Waals surface area contributed by atoms with Gasteiger partial charge in [0.2, 0.25) is 10.0 Å². The van der Waals surface area contributed by atoms with Crippen LogP contribution in [-0.2, 0) is 14.8 Å². The van der Waals surface area contributed by atoms with Crippen LogP contribution in [0.25, 0.3) is 11.3 Å². The predicted octanol–water partition coefficient (Wildman–Crippen LogP) is 3.39. The molecule has 1 aliphatic rings. The van der Waals surface area contributed by atoms with Crippen LogP contribution in [0.3, 0.4) is 0 Å². The highest BCUT2D eigenvalue weighted by Crippen LogP contribution is 2.33. The summed E-state index contributed by atoms with van der Waals surface area (Å²) in [6.45, 7) is 6.01. The van der Waals surface area contributed by atoms with Crippen molar-refractivity contribution < 1.29 is 23.0 Å². The highest BCUT2D eigenvalue weighted by Gasteiger charge is 2.17. The van der Waals surface area contributed by atoms with Crippen molar-refractivity contribution in [3.8, 4) is 17.0 Å². The lowest BCUT2D eigenvalue weighted by atomic mass is 10.0. The summed E-state index contributed by atoms with van der Waals surface area (Å²) in [6, 6.07) is 8.04. The van der Waals surface area contributed by atoms with Crippen LogP contribution in [0.15, 0.2) is 46.8 Å². The van der Waals surface area contributed by atoms with E-state index in [0.29, 0.717) is 40.4 Å². The maximum absolute atomic E-state index is 11.8. The van der Waals surface area contributed by atoms with Crippen molar-refractivity contribution in [1.82, 2.24) is 15.3 Å². The lowest BCUT2D eigenvalue weighted by molar-refractivity contribution is 0.0563. The number of nitrogens with zero attached hydrogens (tertiary/aromatic N) is 2. The van der Waals surface area contributed by atoms with E-state index in [1.54, 1.807) is 18.3 Å². The molecule has 194 valence electrons. The first-order valence-electron chi connectivity index (χ1n) is 11.7. The second-order valence-electron chi connectivity index (χ2n) is 8.87. The fourth-order valence-electron chi connectivity index (χ4n) is 3.77. The van der Waals surface area contributed by atoms with Gasteiger partial charge in [0.25, 0.3) is 0 Å². The van der Waals surface area contributed by atoms with Gasteiger partial charge < -0.3 is 19.9 Å². The Hall–Kier alpha value is -2.61. The summed E-state index contributed by atoms with van der Waals surface area (Å²) in [5.41, 5.74) is 2.47. The van der Waals surface area contributed by atoms with E-state index in [-0.39, 0.29) is 11.0 Å². The minimum atomic E-state index is -3.87. The number of ether oxygens (including phenoxy) is 2. The van der Waals surface area contributed by atoms with Crippen LogP contribution in [0, 0.1) is 5.92 Å². The maximum Gasteiger partial charge on any atom is 0.238 e. The number of thiazole rings is 1. The normalized spacial score (nSPS) is 15.7. The number of aromatic nitrogens is 2. The first-order valence-corrected chi connectivity index (χ1v) is 14.1. The summed E-state index contributed by atoms with van der Waals surface area (Å²) in [5.74, 6) is 0.980. The number of sulfonamides is 1. The van der Waals surface area contributed by atoms with Gasteiger partial charge in [-0.05, 0) is 62.9 Å². The molecule has 3 aromatic rings. The van der Waals surface area contributed by atoms with E-state index in [0.717, 1.165) is 31.6 Å². The fourth-order valence-corrected chi connectivity index (χ4v) is 5.04. The van der Waals surface area contributed by atoms with Gasteiger partial charge in [-0.25, -0.2) is 18.5 Å². The number of aliphatic hydroxyl groups excluding tert-OH is 1. The topological polar surface area (TPSA) is 149 Å². The van der Waals surface area contributed by atoms with Crippen molar-refractivity contribution in [1.29, 1.82) is 0 Å². The molecule has 3 heterocycles. The second-order valence-corrected chi connectivity index (χ2v) is 11.3. The Kier molecular flexibility index (Phi) is 8.54. The summed E-state index contributed by atoms with van der Waals surface area (Å²) in [4.78, 5) is 8.98. The molecule has 1 saturated heterocycles. The van der Waals surface area contributed by atoms with Crippen molar-refractivity contribution >= 4 is 32.2 Å². The standard InChI is InChI=1S/C24H31N5O5S2/c1-15(2)34-22-6-4-18(36(25,31)32)11-20(22)28-24-29-21(14-35-24)17-3-5-19(26-13-17)23(30)27-12-16-7-9-33-10-8-16/h3-6,11,13-16,23,27,30H,7-10,12H2,1-2H3,(H,28,29)(H2,25,31,32). The Morgan fingerprint density at radius 1 is 1.25 bits per heavy atom. The lowest BCUT2D eigenvalue weighted by Gasteiger charge is -2.23. The molecule has 0 radical (unpaired) electrons. The van der Waals surface area contributed by atoms with E-state index in [4.69, 9.17) is 14.6 Å². The minimum absolute atomic E-state index is 0.0262. The van der Waals surface area contributed by atoms with E-state index >= 15 is 0 Å². The van der Waals surface area contributed by atoms with Crippen LogP contribution in [-0.4, -0.2) is 49.4 Å². The molecule has 0 saturated carbocycles. The van der Waals surface area contributed by atoms with E-state index in [9.17, 15) is 13.5 Å². The zero-order valence-corrected chi connectivity index (χ0v) is 21.8. The quantitative estimate of drug-likeness (QED) is 0.288. The Morgan fingerprint density at radius 3 is 2.69 bits per heavy atom.